The minimum Gasteiger partial charge on any atom is -0.388 e. The van der Waals surface area contributed by atoms with Crippen LogP contribution in [0.1, 0.15) is 35.6 Å². The average molecular weight is 358 g/mol. The van der Waals surface area contributed by atoms with Crippen molar-refractivity contribution in [3.63, 3.8) is 0 Å². The lowest BCUT2D eigenvalue weighted by Crippen LogP contribution is -2.30. The molecule has 0 spiro atoms. The molecule has 0 saturated carbocycles. The molecule has 1 aliphatic rings. The van der Waals surface area contributed by atoms with E-state index >= 15 is 0 Å². The van der Waals surface area contributed by atoms with E-state index < -0.39 is 0 Å². The van der Waals surface area contributed by atoms with Gasteiger partial charge in [0.05, 0.1) is 6.10 Å². The first-order chi connectivity index (χ1) is 11.7. The fourth-order valence-corrected chi connectivity index (χ4v) is 3.24. The van der Waals surface area contributed by atoms with Crippen molar-refractivity contribution in [1.82, 2.24) is 4.90 Å². The van der Waals surface area contributed by atoms with E-state index in [1.807, 2.05) is 12.1 Å². The molecule has 3 heteroatoms. The summed E-state index contributed by atoms with van der Waals surface area (Å²) in [7, 11) is 0. The van der Waals surface area contributed by atoms with Crippen molar-refractivity contribution in [2.24, 2.45) is 0 Å². The van der Waals surface area contributed by atoms with Crippen molar-refractivity contribution in [3.05, 3.63) is 82.9 Å². The Morgan fingerprint density at radius 1 is 1.04 bits per heavy atom. The number of halogens is 1. The van der Waals surface area contributed by atoms with E-state index in [0.29, 0.717) is 0 Å². The van der Waals surface area contributed by atoms with E-state index in [-0.39, 0.29) is 18.5 Å². The number of hydrogen-bond donors (Lipinski definition) is 1. The van der Waals surface area contributed by atoms with Gasteiger partial charge in [-0.15, -0.1) is 12.4 Å². The van der Waals surface area contributed by atoms with Crippen LogP contribution in [0.15, 0.2) is 66.2 Å². The summed E-state index contributed by atoms with van der Waals surface area (Å²) in [4.78, 5) is 2.44. The zero-order chi connectivity index (χ0) is 16.8. The Labute approximate surface area is 157 Å². The second-order valence-electron chi connectivity index (χ2n) is 6.79. The topological polar surface area (TPSA) is 23.5 Å². The summed E-state index contributed by atoms with van der Waals surface area (Å²) >= 11 is 0. The van der Waals surface area contributed by atoms with Crippen LogP contribution in [0.4, 0.5) is 0 Å². The minimum atomic E-state index is -0.361. The Bertz CT molecular complexity index is 666. The minimum absolute atomic E-state index is 0. The third kappa shape index (κ3) is 6.00. The van der Waals surface area contributed by atoms with Gasteiger partial charge in [-0.05, 0) is 37.3 Å². The smallest absolute Gasteiger partial charge is 0.0802 e. The van der Waals surface area contributed by atoms with Crippen LogP contribution in [0.2, 0.25) is 0 Å². The molecule has 1 aliphatic heterocycles. The molecule has 3 rings (SSSR count). The van der Waals surface area contributed by atoms with Crippen molar-refractivity contribution in [1.29, 1.82) is 0 Å². The van der Waals surface area contributed by atoms with Gasteiger partial charge in [0.15, 0.2) is 0 Å². The third-order valence-electron chi connectivity index (χ3n) is 4.84. The average Bonchev–Trinajstić information content (AvgIpc) is 2.62. The van der Waals surface area contributed by atoms with E-state index in [2.05, 4.69) is 60.4 Å². The lowest BCUT2D eigenvalue weighted by molar-refractivity contribution is 0.144. The predicted octanol–water partition coefficient (Wildman–Crippen LogP) is 4.72. The molecule has 2 aromatic carbocycles. The molecule has 0 aliphatic carbocycles. The molecule has 2 aromatic rings. The largest absolute Gasteiger partial charge is 0.388 e. The van der Waals surface area contributed by atoms with Gasteiger partial charge in [-0.3, -0.25) is 4.90 Å². The summed E-state index contributed by atoms with van der Waals surface area (Å²) in [5, 5.41) is 10.3. The first-order valence-corrected chi connectivity index (χ1v) is 8.89. The van der Waals surface area contributed by atoms with Gasteiger partial charge in [-0.1, -0.05) is 71.8 Å². The molecule has 0 fully saturated rings. The van der Waals surface area contributed by atoms with Gasteiger partial charge in [0.1, 0.15) is 0 Å². The maximum atomic E-state index is 10.3. The van der Waals surface area contributed by atoms with Crippen molar-refractivity contribution < 1.29 is 5.11 Å². The number of aliphatic hydroxyl groups is 1. The molecule has 2 nitrogen and oxygen atoms in total. The molecule has 1 atom stereocenters. The fourth-order valence-electron chi connectivity index (χ4n) is 3.24. The van der Waals surface area contributed by atoms with Gasteiger partial charge in [-0.2, -0.15) is 0 Å². The molecule has 25 heavy (non-hydrogen) atoms. The summed E-state index contributed by atoms with van der Waals surface area (Å²) < 4.78 is 0. The summed E-state index contributed by atoms with van der Waals surface area (Å²) in [6.07, 6.45) is 5.01. The first kappa shape index (κ1) is 19.7. The molecular formula is C22H28ClNO. The van der Waals surface area contributed by atoms with Gasteiger partial charge in [0.25, 0.3) is 0 Å². The maximum Gasteiger partial charge on any atom is 0.0802 e. The van der Waals surface area contributed by atoms with Crippen LogP contribution in [-0.4, -0.2) is 29.6 Å². The fraction of sp³-hybridized carbons (Fsp3) is 0.364. The van der Waals surface area contributed by atoms with Crippen molar-refractivity contribution in [2.75, 3.05) is 19.6 Å². The SMILES string of the molecule is Cc1ccc(C(O)CCN2CC=C(Cc3ccccc3)CC2)cc1.Cl. The molecule has 0 amide bonds. The standard InChI is InChI=1S/C22H27NO.ClH/c1-18-7-9-21(10-8-18)22(24)13-16-23-14-11-20(12-15-23)17-19-5-3-2-4-6-19;/h2-11,22,24H,12-17H2,1H3;1H. The predicted molar refractivity (Wildman–Crippen MR) is 107 cm³/mol. The van der Waals surface area contributed by atoms with Crippen LogP contribution in [0.25, 0.3) is 0 Å². The highest BCUT2D eigenvalue weighted by atomic mass is 35.5. The summed E-state index contributed by atoms with van der Waals surface area (Å²) in [5.41, 5.74) is 5.19. The molecule has 1 N–H and O–H groups in total. The summed E-state index contributed by atoms with van der Waals surface area (Å²) in [5.74, 6) is 0. The van der Waals surface area contributed by atoms with Crippen molar-refractivity contribution >= 4 is 12.4 Å². The van der Waals surface area contributed by atoms with Gasteiger partial charge in [0, 0.05) is 19.6 Å². The highest BCUT2D eigenvalue weighted by molar-refractivity contribution is 5.85. The number of aryl methyl sites for hydroxylation is 1. The van der Waals surface area contributed by atoms with E-state index in [1.165, 1.54) is 16.7 Å². The molecule has 0 aromatic heterocycles. The van der Waals surface area contributed by atoms with E-state index in [4.69, 9.17) is 0 Å². The summed E-state index contributed by atoms with van der Waals surface area (Å²) in [6.45, 7) is 5.12. The Hall–Kier alpha value is -1.61. The number of nitrogens with zero attached hydrogens (tertiary/aromatic N) is 1. The third-order valence-corrected chi connectivity index (χ3v) is 4.84. The summed E-state index contributed by atoms with van der Waals surface area (Å²) in [6, 6.07) is 18.9. The first-order valence-electron chi connectivity index (χ1n) is 8.89. The monoisotopic (exact) mass is 357 g/mol. The lowest BCUT2D eigenvalue weighted by atomic mass is 9.99. The van der Waals surface area contributed by atoms with Gasteiger partial charge in [0.2, 0.25) is 0 Å². The molecule has 0 radical (unpaired) electrons. The zero-order valence-electron chi connectivity index (χ0n) is 14.9. The molecule has 134 valence electrons. The Morgan fingerprint density at radius 3 is 2.40 bits per heavy atom. The molecule has 1 heterocycles. The van der Waals surface area contributed by atoms with Gasteiger partial charge < -0.3 is 5.11 Å². The van der Waals surface area contributed by atoms with E-state index in [0.717, 1.165) is 44.5 Å². The number of benzene rings is 2. The van der Waals surface area contributed by atoms with Crippen LogP contribution in [0.3, 0.4) is 0 Å². The Morgan fingerprint density at radius 2 is 1.76 bits per heavy atom. The Balaban J connectivity index is 0.00000225. The van der Waals surface area contributed by atoms with Crippen LogP contribution in [0, 0.1) is 6.92 Å². The van der Waals surface area contributed by atoms with E-state index in [1.54, 1.807) is 0 Å². The number of hydrogen-bond acceptors (Lipinski definition) is 2. The molecular weight excluding hydrogens is 330 g/mol. The zero-order valence-corrected chi connectivity index (χ0v) is 15.7. The number of aliphatic hydroxyl groups excluding tert-OH is 1. The van der Waals surface area contributed by atoms with E-state index in [9.17, 15) is 5.11 Å². The highest BCUT2D eigenvalue weighted by Gasteiger charge is 2.14. The quantitative estimate of drug-likeness (QED) is 0.756. The van der Waals surface area contributed by atoms with Crippen molar-refractivity contribution in [3.8, 4) is 0 Å². The van der Waals surface area contributed by atoms with Crippen LogP contribution in [0.5, 0.6) is 0 Å². The highest BCUT2D eigenvalue weighted by Crippen LogP contribution is 2.20. The van der Waals surface area contributed by atoms with Gasteiger partial charge >= 0.3 is 0 Å². The lowest BCUT2D eigenvalue weighted by Gasteiger charge is -2.27. The van der Waals surface area contributed by atoms with Crippen LogP contribution >= 0.6 is 12.4 Å². The maximum absolute atomic E-state index is 10.3. The number of rotatable bonds is 6. The molecule has 0 bridgehead atoms. The van der Waals surface area contributed by atoms with Crippen LogP contribution < -0.4 is 0 Å². The van der Waals surface area contributed by atoms with Crippen molar-refractivity contribution in [2.45, 2.75) is 32.3 Å². The second kappa shape index (κ2) is 9.76. The normalized spacial score (nSPS) is 16.0. The second-order valence-corrected chi connectivity index (χ2v) is 6.79. The Kier molecular flexibility index (Phi) is 7.70. The van der Waals surface area contributed by atoms with Gasteiger partial charge in [-0.25, -0.2) is 0 Å². The molecule has 0 saturated heterocycles. The van der Waals surface area contributed by atoms with Crippen LogP contribution in [-0.2, 0) is 6.42 Å². The molecule has 1 unspecified atom stereocenters.